The van der Waals surface area contributed by atoms with Crippen LogP contribution in [0.4, 0.5) is 0 Å². The Morgan fingerprint density at radius 2 is 2.22 bits per heavy atom. The van der Waals surface area contributed by atoms with Gasteiger partial charge in [-0.2, -0.15) is 0 Å². The van der Waals surface area contributed by atoms with E-state index >= 15 is 0 Å². The molecule has 2 aromatic rings. The highest BCUT2D eigenvalue weighted by atomic mass is 32.1. The molecule has 0 saturated heterocycles. The normalized spacial score (nSPS) is 11.0. The van der Waals surface area contributed by atoms with Crippen molar-refractivity contribution in [2.45, 2.75) is 33.1 Å². The molecule has 2 heterocycles. The Bertz CT molecular complexity index is 478. The third-order valence-electron chi connectivity index (χ3n) is 2.69. The van der Waals surface area contributed by atoms with Crippen LogP contribution >= 0.6 is 11.3 Å². The summed E-state index contributed by atoms with van der Waals surface area (Å²) in [5, 5.41) is 13.6. The first kappa shape index (κ1) is 13.2. The first-order chi connectivity index (χ1) is 8.81. The third-order valence-corrected chi connectivity index (χ3v) is 3.70. The monoisotopic (exact) mass is 265 g/mol. The fourth-order valence-electron chi connectivity index (χ4n) is 1.70. The molecule has 18 heavy (non-hydrogen) atoms. The molecule has 0 aliphatic heterocycles. The van der Waals surface area contributed by atoms with E-state index in [1.54, 1.807) is 11.3 Å². The van der Waals surface area contributed by atoms with Gasteiger partial charge in [0.05, 0.1) is 4.88 Å². The Labute approximate surface area is 111 Å². The lowest BCUT2D eigenvalue weighted by Gasteiger charge is -1.99. The Balaban J connectivity index is 1.85. The summed E-state index contributed by atoms with van der Waals surface area (Å²) >= 11 is 1.64. The van der Waals surface area contributed by atoms with Crippen molar-refractivity contribution in [1.82, 2.24) is 15.5 Å². The van der Waals surface area contributed by atoms with E-state index in [0.717, 1.165) is 36.7 Å². The molecule has 0 aliphatic rings. The molecule has 0 aliphatic carbocycles. The second-order valence-electron chi connectivity index (χ2n) is 4.29. The minimum absolute atomic E-state index is 0.652. The summed E-state index contributed by atoms with van der Waals surface area (Å²) in [5.41, 5.74) is 1.19. The number of thiophene rings is 1. The molecule has 0 atom stereocenters. The zero-order chi connectivity index (χ0) is 12.8. The second kappa shape index (κ2) is 6.66. The van der Waals surface area contributed by atoms with Gasteiger partial charge < -0.3 is 9.73 Å². The van der Waals surface area contributed by atoms with Crippen molar-refractivity contribution in [2.24, 2.45) is 0 Å². The highest BCUT2D eigenvalue weighted by Crippen LogP contribution is 2.27. The molecule has 1 N–H and O–H groups in total. The van der Waals surface area contributed by atoms with Crippen molar-refractivity contribution in [3.05, 3.63) is 22.9 Å². The predicted molar refractivity (Wildman–Crippen MR) is 73.8 cm³/mol. The van der Waals surface area contributed by atoms with E-state index < -0.39 is 0 Å². The van der Waals surface area contributed by atoms with Crippen LogP contribution in [-0.2, 0) is 6.42 Å². The lowest BCUT2D eigenvalue weighted by molar-refractivity contribution is 0.492. The first-order valence-electron chi connectivity index (χ1n) is 6.39. The number of nitrogens with zero attached hydrogens (tertiary/aromatic N) is 2. The van der Waals surface area contributed by atoms with Gasteiger partial charge in [-0.1, -0.05) is 6.92 Å². The Kier molecular flexibility index (Phi) is 4.90. The topological polar surface area (TPSA) is 51.0 Å². The zero-order valence-corrected chi connectivity index (χ0v) is 11.7. The van der Waals surface area contributed by atoms with E-state index in [4.69, 9.17) is 4.42 Å². The molecule has 4 nitrogen and oxygen atoms in total. The maximum absolute atomic E-state index is 5.68. The molecular formula is C13H19N3OS. The minimum atomic E-state index is 0.652. The van der Waals surface area contributed by atoms with Crippen LogP contribution in [0.5, 0.6) is 0 Å². The number of nitrogens with one attached hydrogen (secondary N) is 1. The van der Waals surface area contributed by atoms with Crippen molar-refractivity contribution in [1.29, 1.82) is 0 Å². The lowest BCUT2D eigenvalue weighted by Crippen LogP contribution is -2.16. The maximum atomic E-state index is 5.68. The Morgan fingerprint density at radius 1 is 1.33 bits per heavy atom. The summed E-state index contributed by atoms with van der Waals surface area (Å²) in [7, 11) is 0. The van der Waals surface area contributed by atoms with Crippen molar-refractivity contribution >= 4 is 11.3 Å². The maximum Gasteiger partial charge on any atom is 0.257 e. The second-order valence-corrected chi connectivity index (χ2v) is 5.20. The van der Waals surface area contributed by atoms with E-state index in [2.05, 4.69) is 35.4 Å². The smallest absolute Gasteiger partial charge is 0.257 e. The molecule has 0 radical (unpaired) electrons. The molecule has 2 rings (SSSR count). The average Bonchev–Trinajstić information content (AvgIpc) is 2.97. The van der Waals surface area contributed by atoms with Gasteiger partial charge in [0.15, 0.2) is 0 Å². The molecule has 0 aromatic carbocycles. The fourth-order valence-corrected chi connectivity index (χ4v) is 2.55. The van der Waals surface area contributed by atoms with Gasteiger partial charge >= 0.3 is 0 Å². The number of hydrogen-bond acceptors (Lipinski definition) is 5. The fraction of sp³-hybridized carbons (Fsp3) is 0.538. The Hall–Kier alpha value is -1.20. The van der Waals surface area contributed by atoms with Gasteiger partial charge in [-0.25, -0.2) is 0 Å². The van der Waals surface area contributed by atoms with Crippen LogP contribution in [0, 0.1) is 6.92 Å². The summed E-state index contributed by atoms with van der Waals surface area (Å²) in [4.78, 5) is 1.08. The quantitative estimate of drug-likeness (QED) is 0.782. The SMILES string of the molecule is CCCNCCCc1nnc(-c2sccc2C)o1. The molecule has 0 amide bonds. The summed E-state index contributed by atoms with van der Waals surface area (Å²) in [6.45, 7) is 6.30. The molecule has 0 unspecified atom stereocenters. The first-order valence-corrected chi connectivity index (χ1v) is 7.26. The average molecular weight is 265 g/mol. The van der Waals surface area contributed by atoms with E-state index in [1.165, 1.54) is 12.0 Å². The number of aromatic nitrogens is 2. The summed E-state index contributed by atoms with van der Waals surface area (Å²) < 4.78 is 5.68. The van der Waals surface area contributed by atoms with Crippen LogP contribution in [0.2, 0.25) is 0 Å². The van der Waals surface area contributed by atoms with E-state index in [1.807, 2.05) is 5.38 Å². The van der Waals surface area contributed by atoms with Crippen LogP contribution in [0.25, 0.3) is 10.8 Å². The minimum Gasteiger partial charge on any atom is -0.420 e. The van der Waals surface area contributed by atoms with Gasteiger partial charge in [-0.05, 0) is 49.9 Å². The van der Waals surface area contributed by atoms with Crippen molar-refractivity contribution < 1.29 is 4.42 Å². The van der Waals surface area contributed by atoms with Crippen molar-refractivity contribution in [3.63, 3.8) is 0 Å². The van der Waals surface area contributed by atoms with Gasteiger partial charge in [0.25, 0.3) is 5.89 Å². The summed E-state index contributed by atoms with van der Waals surface area (Å²) in [6, 6.07) is 2.07. The van der Waals surface area contributed by atoms with Crippen LogP contribution in [-0.4, -0.2) is 23.3 Å². The van der Waals surface area contributed by atoms with Gasteiger partial charge in [-0.15, -0.1) is 21.5 Å². The molecule has 98 valence electrons. The van der Waals surface area contributed by atoms with Crippen molar-refractivity contribution in [2.75, 3.05) is 13.1 Å². The molecular weight excluding hydrogens is 246 g/mol. The third kappa shape index (κ3) is 3.40. The molecule has 5 heteroatoms. The molecule has 0 fully saturated rings. The number of aryl methyl sites for hydroxylation is 2. The highest BCUT2D eigenvalue weighted by Gasteiger charge is 2.11. The van der Waals surface area contributed by atoms with Gasteiger partial charge in [0, 0.05) is 6.42 Å². The van der Waals surface area contributed by atoms with Gasteiger partial charge in [-0.3, -0.25) is 0 Å². The number of rotatable bonds is 7. The lowest BCUT2D eigenvalue weighted by atomic mass is 10.3. The Morgan fingerprint density at radius 3 is 2.94 bits per heavy atom. The number of hydrogen-bond donors (Lipinski definition) is 1. The molecule has 0 bridgehead atoms. The largest absolute Gasteiger partial charge is 0.420 e. The van der Waals surface area contributed by atoms with E-state index in [-0.39, 0.29) is 0 Å². The van der Waals surface area contributed by atoms with Crippen LogP contribution in [0.1, 0.15) is 31.2 Å². The molecule has 2 aromatic heterocycles. The standard InChI is InChI=1S/C13H19N3OS/c1-3-7-14-8-4-5-11-15-16-13(17-11)12-10(2)6-9-18-12/h6,9,14H,3-5,7-8H2,1-2H3. The van der Waals surface area contributed by atoms with E-state index in [0.29, 0.717) is 5.89 Å². The predicted octanol–water partition coefficient (Wildman–Crippen LogP) is 3.04. The summed E-state index contributed by atoms with van der Waals surface area (Å²) in [5.74, 6) is 1.38. The zero-order valence-electron chi connectivity index (χ0n) is 10.9. The highest BCUT2D eigenvalue weighted by molar-refractivity contribution is 7.13. The van der Waals surface area contributed by atoms with Crippen LogP contribution in [0.15, 0.2) is 15.9 Å². The van der Waals surface area contributed by atoms with Gasteiger partial charge in [0.2, 0.25) is 5.89 Å². The summed E-state index contributed by atoms with van der Waals surface area (Å²) in [6.07, 6.45) is 3.04. The molecule has 0 spiro atoms. The van der Waals surface area contributed by atoms with Crippen molar-refractivity contribution in [3.8, 4) is 10.8 Å². The molecule has 0 saturated carbocycles. The van der Waals surface area contributed by atoms with E-state index in [9.17, 15) is 0 Å². The van der Waals surface area contributed by atoms with Crippen LogP contribution < -0.4 is 5.32 Å². The van der Waals surface area contributed by atoms with Gasteiger partial charge in [0.1, 0.15) is 0 Å². The van der Waals surface area contributed by atoms with Crippen LogP contribution in [0.3, 0.4) is 0 Å².